The number of halogens is 3. The molecule has 0 spiro atoms. The van der Waals surface area contributed by atoms with Gasteiger partial charge < -0.3 is 5.32 Å². The van der Waals surface area contributed by atoms with Gasteiger partial charge in [0.1, 0.15) is 5.25 Å². The van der Waals surface area contributed by atoms with Gasteiger partial charge in [-0.2, -0.15) is 13.2 Å². The van der Waals surface area contributed by atoms with E-state index < -0.39 is 32.9 Å². The highest BCUT2D eigenvalue weighted by atomic mass is 32.2. The fourth-order valence-electron chi connectivity index (χ4n) is 3.55. The molecule has 0 aliphatic rings. The van der Waals surface area contributed by atoms with E-state index in [0.29, 0.717) is 16.1 Å². The second-order valence-electron chi connectivity index (χ2n) is 8.42. The topological polar surface area (TPSA) is 75.3 Å². The van der Waals surface area contributed by atoms with Crippen molar-refractivity contribution in [1.29, 1.82) is 0 Å². The van der Waals surface area contributed by atoms with Crippen LogP contribution < -0.4 is 10.0 Å². The molecular weight excluding hydrogens is 533 g/mol. The van der Waals surface area contributed by atoms with E-state index in [9.17, 15) is 26.4 Å². The van der Waals surface area contributed by atoms with Gasteiger partial charge >= 0.3 is 6.18 Å². The highest BCUT2D eigenvalue weighted by Crippen LogP contribution is 2.37. The van der Waals surface area contributed by atoms with Crippen LogP contribution in [0.3, 0.4) is 0 Å². The third kappa shape index (κ3) is 6.96. The second kappa shape index (κ2) is 11.3. The minimum atomic E-state index is -4.53. The summed E-state index contributed by atoms with van der Waals surface area (Å²) in [5, 5.41) is 1.81. The van der Waals surface area contributed by atoms with Gasteiger partial charge in [-0.3, -0.25) is 9.52 Å². The summed E-state index contributed by atoms with van der Waals surface area (Å²) in [6.07, 6.45) is -4.53. The Bertz CT molecular complexity index is 1510. The van der Waals surface area contributed by atoms with Crippen LogP contribution >= 0.6 is 11.8 Å². The number of anilines is 2. The lowest BCUT2D eigenvalue weighted by molar-refractivity contribution is -0.137. The van der Waals surface area contributed by atoms with Gasteiger partial charge in [0, 0.05) is 16.3 Å². The number of sulfonamides is 1. The van der Waals surface area contributed by atoms with E-state index >= 15 is 0 Å². The Morgan fingerprint density at radius 2 is 1.47 bits per heavy atom. The maximum Gasteiger partial charge on any atom is 0.416 e. The van der Waals surface area contributed by atoms with Gasteiger partial charge in [0.2, 0.25) is 5.91 Å². The van der Waals surface area contributed by atoms with E-state index in [4.69, 9.17) is 0 Å². The zero-order valence-electron chi connectivity index (χ0n) is 20.1. The molecule has 0 aliphatic heterocycles. The molecule has 0 fully saturated rings. The van der Waals surface area contributed by atoms with E-state index in [1.54, 1.807) is 66.7 Å². The van der Waals surface area contributed by atoms with Crippen molar-refractivity contribution in [3.8, 4) is 0 Å². The molecule has 196 valence electrons. The van der Waals surface area contributed by atoms with E-state index in [0.717, 1.165) is 17.7 Å². The molecule has 0 aliphatic carbocycles. The molecule has 4 aromatic rings. The number of aryl methyl sites for hydroxylation is 1. The molecule has 0 bridgehead atoms. The average Bonchev–Trinajstić information content (AvgIpc) is 2.88. The minimum absolute atomic E-state index is 0.0345. The highest BCUT2D eigenvalue weighted by Gasteiger charge is 2.31. The number of alkyl halides is 3. The third-order valence-electron chi connectivity index (χ3n) is 5.49. The summed E-state index contributed by atoms with van der Waals surface area (Å²) in [5.41, 5.74) is 1.12. The number of amides is 1. The summed E-state index contributed by atoms with van der Waals surface area (Å²) in [5.74, 6) is -0.496. The average molecular weight is 557 g/mol. The van der Waals surface area contributed by atoms with Crippen molar-refractivity contribution in [1.82, 2.24) is 0 Å². The first-order chi connectivity index (χ1) is 18.0. The Balaban J connectivity index is 1.52. The van der Waals surface area contributed by atoms with Crippen LogP contribution in [0.15, 0.2) is 113 Å². The van der Waals surface area contributed by atoms with Gasteiger partial charge in [-0.05, 0) is 67.1 Å². The van der Waals surface area contributed by atoms with Crippen LogP contribution in [0, 0.1) is 6.92 Å². The van der Waals surface area contributed by atoms with E-state index in [1.165, 1.54) is 36.0 Å². The molecule has 0 saturated carbocycles. The lowest BCUT2D eigenvalue weighted by Gasteiger charge is -2.18. The van der Waals surface area contributed by atoms with Crippen LogP contribution in [0.2, 0.25) is 0 Å². The van der Waals surface area contributed by atoms with Crippen molar-refractivity contribution < 1.29 is 26.4 Å². The maximum atomic E-state index is 13.2. The van der Waals surface area contributed by atoms with E-state index in [-0.39, 0.29) is 10.6 Å². The Labute approximate surface area is 223 Å². The monoisotopic (exact) mass is 556 g/mol. The van der Waals surface area contributed by atoms with Gasteiger partial charge in [0.05, 0.1) is 10.5 Å². The van der Waals surface area contributed by atoms with Crippen molar-refractivity contribution in [3.63, 3.8) is 0 Å². The SMILES string of the molecule is Cc1ccc(S(=O)(=O)Nc2ccc(SC(C(=O)Nc3cccc(C(F)(F)F)c3)c3ccccc3)cc2)cc1. The molecule has 5 nitrogen and oxygen atoms in total. The van der Waals surface area contributed by atoms with Gasteiger partial charge in [-0.15, -0.1) is 11.8 Å². The fourth-order valence-corrected chi connectivity index (χ4v) is 5.63. The maximum absolute atomic E-state index is 13.2. The van der Waals surface area contributed by atoms with Gasteiger partial charge in [0.25, 0.3) is 10.0 Å². The smallest absolute Gasteiger partial charge is 0.325 e. The number of nitrogens with one attached hydrogen (secondary N) is 2. The van der Waals surface area contributed by atoms with Crippen molar-refractivity contribution in [3.05, 3.63) is 120 Å². The second-order valence-corrected chi connectivity index (χ2v) is 11.3. The van der Waals surface area contributed by atoms with Crippen LogP contribution in [0.5, 0.6) is 0 Å². The number of thioether (sulfide) groups is 1. The fraction of sp³-hybridized carbons (Fsp3) is 0.107. The number of carbonyl (C=O) groups is 1. The lowest BCUT2D eigenvalue weighted by Crippen LogP contribution is -2.19. The summed E-state index contributed by atoms with van der Waals surface area (Å²) in [7, 11) is -3.77. The number of hydrogen-bond donors (Lipinski definition) is 2. The molecule has 38 heavy (non-hydrogen) atoms. The minimum Gasteiger partial charge on any atom is -0.325 e. The molecule has 0 aromatic heterocycles. The summed E-state index contributed by atoms with van der Waals surface area (Å²) >= 11 is 1.19. The van der Waals surface area contributed by atoms with Crippen LogP contribution in [-0.2, 0) is 21.0 Å². The van der Waals surface area contributed by atoms with E-state index in [2.05, 4.69) is 10.0 Å². The summed E-state index contributed by atoms with van der Waals surface area (Å²) in [6, 6.07) is 26.3. The van der Waals surface area contributed by atoms with Crippen LogP contribution in [0.25, 0.3) is 0 Å². The predicted octanol–water partition coefficient (Wildman–Crippen LogP) is 7.29. The molecule has 4 rings (SSSR count). The number of benzene rings is 4. The predicted molar refractivity (Wildman–Crippen MR) is 144 cm³/mol. The summed E-state index contributed by atoms with van der Waals surface area (Å²) in [6.45, 7) is 1.86. The van der Waals surface area contributed by atoms with Crippen LogP contribution in [-0.4, -0.2) is 14.3 Å². The van der Waals surface area contributed by atoms with E-state index in [1.807, 2.05) is 6.92 Å². The van der Waals surface area contributed by atoms with Crippen molar-refractivity contribution in [2.75, 3.05) is 10.0 Å². The van der Waals surface area contributed by atoms with Gasteiger partial charge in [0.15, 0.2) is 0 Å². The Kier molecular flexibility index (Phi) is 8.13. The highest BCUT2D eigenvalue weighted by molar-refractivity contribution is 8.00. The van der Waals surface area contributed by atoms with Crippen molar-refractivity contribution in [2.24, 2.45) is 0 Å². The molecular formula is C28H23F3N2O3S2. The molecule has 2 N–H and O–H groups in total. The Morgan fingerprint density at radius 1 is 0.816 bits per heavy atom. The Morgan fingerprint density at radius 3 is 2.11 bits per heavy atom. The normalized spacial score (nSPS) is 12.5. The van der Waals surface area contributed by atoms with Crippen molar-refractivity contribution in [2.45, 2.75) is 28.1 Å². The number of carbonyl (C=O) groups excluding carboxylic acids is 1. The first-order valence-corrected chi connectivity index (χ1v) is 13.8. The van der Waals surface area contributed by atoms with Gasteiger partial charge in [-0.1, -0.05) is 54.1 Å². The molecule has 1 unspecified atom stereocenters. The zero-order valence-corrected chi connectivity index (χ0v) is 21.7. The summed E-state index contributed by atoms with van der Waals surface area (Å²) < 4.78 is 67.2. The van der Waals surface area contributed by atoms with Crippen LogP contribution in [0.1, 0.15) is 21.9 Å². The molecule has 1 amide bonds. The summed E-state index contributed by atoms with van der Waals surface area (Å²) in [4.78, 5) is 14.0. The first kappa shape index (κ1) is 27.3. The zero-order chi connectivity index (χ0) is 27.3. The molecule has 0 saturated heterocycles. The standard InChI is InChI=1S/C28H23F3N2O3S2/c1-19-10-16-25(17-11-19)38(35,36)33-22-12-14-24(15-13-22)37-26(20-6-3-2-4-7-20)27(34)32-23-9-5-8-21(18-23)28(29,30)31/h2-18,26,33H,1H3,(H,32,34). The van der Waals surface area contributed by atoms with Crippen molar-refractivity contribution >= 4 is 39.1 Å². The van der Waals surface area contributed by atoms with Crippen LogP contribution in [0.4, 0.5) is 24.5 Å². The quantitative estimate of drug-likeness (QED) is 0.224. The number of rotatable bonds is 8. The molecule has 10 heteroatoms. The molecule has 1 atom stereocenters. The molecule has 0 heterocycles. The number of hydrogen-bond acceptors (Lipinski definition) is 4. The van der Waals surface area contributed by atoms with Gasteiger partial charge in [-0.25, -0.2) is 8.42 Å². The molecule has 0 radical (unpaired) electrons. The lowest BCUT2D eigenvalue weighted by atomic mass is 10.1. The Hall–Kier alpha value is -3.76. The molecule has 4 aromatic carbocycles. The third-order valence-corrected chi connectivity index (χ3v) is 8.15. The first-order valence-electron chi connectivity index (χ1n) is 11.4. The largest absolute Gasteiger partial charge is 0.416 e.